The molecule has 116 valence electrons. The van der Waals surface area contributed by atoms with E-state index < -0.39 is 0 Å². The van der Waals surface area contributed by atoms with Gasteiger partial charge < -0.3 is 20.1 Å². The fourth-order valence-corrected chi connectivity index (χ4v) is 2.26. The number of likely N-dealkylation sites (N-methyl/N-ethyl adjacent to an activating group) is 1. The van der Waals surface area contributed by atoms with Crippen LogP contribution in [0.15, 0.2) is 24.3 Å². The van der Waals surface area contributed by atoms with E-state index in [1.807, 2.05) is 24.3 Å². The number of hydrogen-bond donors (Lipinski definition) is 2. The zero-order chi connectivity index (χ0) is 14.9. The molecule has 5 nitrogen and oxygen atoms in total. The molecule has 1 fully saturated rings. The van der Waals surface area contributed by atoms with Gasteiger partial charge in [-0.05, 0) is 43.7 Å². The van der Waals surface area contributed by atoms with Crippen molar-refractivity contribution in [2.24, 2.45) is 5.92 Å². The van der Waals surface area contributed by atoms with Crippen molar-refractivity contribution in [2.75, 3.05) is 38.2 Å². The van der Waals surface area contributed by atoms with Crippen LogP contribution in [0, 0.1) is 5.92 Å². The molecule has 1 aromatic rings. The van der Waals surface area contributed by atoms with Gasteiger partial charge in [0.2, 0.25) is 5.91 Å². The lowest BCUT2D eigenvalue weighted by molar-refractivity contribution is -0.122. The van der Waals surface area contributed by atoms with Crippen molar-refractivity contribution in [3.63, 3.8) is 0 Å². The highest BCUT2D eigenvalue weighted by Crippen LogP contribution is 2.19. The maximum atomic E-state index is 12.1. The zero-order valence-corrected chi connectivity index (χ0v) is 12.6. The summed E-state index contributed by atoms with van der Waals surface area (Å²) in [7, 11) is 0. The molecule has 1 aliphatic rings. The van der Waals surface area contributed by atoms with Crippen LogP contribution in [0.2, 0.25) is 0 Å². The molecule has 2 rings (SSSR count). The molecule has 21 heavy (non-hydrogen) atoms. The van der Waals surface area contributed by atoms with Crippen molar-refractivity contribution in [1.29, 1.82) is 0 Å². The van der Waals surface area contributed by atoms with Crippen LogP contribution in [0.3, 0.4) is 0 Å². The van der Waals surface area contributed by atoms with E-state index in [9.17, 15) is 4.79 Å². The standard InChI is InChI=1S/C16H24N2O3/c1-2-17-9-12-21-15-5-3-14(4-6-15)18-16(19)13-7-10-20-11-8-13/h3-6,13,17H,2,7-12H2,1H3,(H,18,19). The van der Waals surface area contributed by atoms with E-state index in [1.54, 1.807) is 0 Å². The number of amides is 1. The van der Waals surface area contributed by atoms with Crippen LogP contribution >= 0.6 is 0 Å². The molecule has 1 saturated heterocycles. The minimum Gasteiger partial charge on any atom is -0.492 e. The van der Waals surface area contributed by atoms with Crippen molar-refractivity contribution in [1.82, 2.24) is 5.32 Å². The number of anilines is 1. The molecule has 0 atom stereocenters. The normalized spacial score (nSPS) is 15.7. The summed E-state index contributed by atoms with van der Waals surface area (Å²) in [4.78, 5) is 12.1. The summed E-state index contributed by atoms with van der Waals surface area (Å²) in [6.45, 7) is 5.84. The molecule has 5 heteroatoms. The highest BCUT2D eigenvalue weighted by Gasteiger charge is 2.21. The number of hydrogen-bond acceptors (Lipinski definition) is 4. The second-order valence-electron chi connectivity index (χ2n) is 5.10. The van der Waals surface area contributed by atoms with Crippen molar-refractivity contribution in [2.45, 2.75) is 19.8 Å². The van der Waals surface area contributed by atoms with E-state index in [0.29, 0.717) is 19.8 Å². The van der Waals surface area contributed by atoms with Gasteiger partial charge in [0.1, 0.15) is 12.4 Å². The van der Waals surface area contributed by atoms with Crippen LogP contribution in [-0.2, 0) is 9.53 Å². The quantitative estimate of drug-likeness (QED) is 0.755. The molecule has 0 spiro atoms. The maximum absolute atomic E-state index is 12.1. The van der Waals surface area contributed by atoms with Crippen molar-refractivity contribution >= 4 is 11.6 Å². The Hall–Kier alpha value is -1.59. The fourth-order valence-electron chi connectivity index (χ4n) is 2.26. The van der Waals surface area contributed by atoms with Gasteiger partial charge in [-0.1, -0.05) is 6.92 Å². The summed E-state index contributed by atoms with van der Waals surface area (Å²) in [5.41, 5.74) is 0.811. The summed E-state index contributed by atoms with van der Waals surface area (Å²) < 4.78 is 10.9. The molecular formula is C16H24N2O3. The molecule has 0 unspecified atom stereocenters. The Labute approximate surface area is 126 Å². The zero-order valence-electron chi connectivity index (χ0n) is 12.6. The van der Waals surface area contributed by atoms with Gasteiger partial charge in [0.05, 0.1) is 0 Å². The lowest BCUT2D eigenvalue weighted by atomic mass is 9.99. The number of nitrogens with one attached hydrogen (secondary N) is 2. The first-order chi connectivity index (χ1) is 10.3. The van der Waals surface area contributed by atoms with E-state index >= 15 is 0 Å². The number of carbonyl (C=O) groups is 1. The lowest BCUT2D eigenvalue weighted by Crippen LogP contribution is -2.28. The van der Waals surface area contributed by atoms with Gasteiger partial charge in [-0.2, -0.15) is 0 Å². The van der Waals surface area contributed by atoms with Crippen LogP contribution in [0.1, 0.15) is 19.8 Å². The first-order valence-corrected chi connectivity index (χ1v) is 7.62. The van der Waals surface area contributed by atoms with Crippen molar-refractivity contribution in [3.8, 4) is 5.75 Å². The largest absolute Gasteiger partial charge is 0.492 e. The van der Waals surface area contributed by atoms with Gasteiger partial charge >= 0.3 is 0 Å². The average Bonchev–Trinajstić information content (AvgIpc) is 2.54. The van der Waals surface area contributed by atoms with Crippen molar-refractivity contribution < 1.29 is 14.3 Å². The minimum absolute atomic E-state index is 0.0646. The maximum Gasteiger partial charge on any atom is 0.227 e. The molecule has 0 bridgehead atoms. The Balaban J connectivity index is 1.77. The fraction of sp³-hybridized carbons (Fsp3) is 0.562. The number of ether oxygens (including phenoxy) is 2. The minimum atomic E-state index is 0.0646. The van der Waals surface area contributed by atoms with Crippen LogP contribution in [0.25, 0.3) is 0 Å². The van der Waals surface area contributed by atoms with Crippen LogP contribution in [0.4, 0.5) is 5.69 Å². The van der Waals surface area contributed by atoms with Gasteiger partial charge in [-0.15, -0.1) is 0 Å². The van der Waals surface area contributed by atoms with E-state index in [1.165, 1.54) is 0 Å². The summed E-state index contributed by atoms with van der Waals surface area (Å²) in [6.07, 6.45) is 1.61. The SMILES string of the molecule is CCNCCOc1ccc(NC(=O)C2CCOCC2)cc1. The summed E-state index contributed by atoms with van der Waals surface area (Å²) in [6, 6.07) is 7.51. The van der Waals surface area contributed by atoms with Gasteiger partial charge in [0, 0.05) is 31.4 Å². The third-order valence-corrected chi connectivity index (χ3v) is 3.51. The summed E-state index contributed by atoms with van der Waals surface area (Å²) >= 11 is 0. The molecule has 0 saturated carbocycles. The second kappa shape index (κ2) is 8.64. The van der Waals surface area contributed by atoms with E-state index in [-0.39, 0.29) is 11.8 Å². The van der Waals surface area contributed by atoms with E-state index in [4.69, 9.17) is 9.47 Å². The van der Waals surface area contributed by atoms with Gasteiger partial charge in [0.25, 0.3) is 0 Å². The van der Waals surface area contributed by atoms with Crippen LogP contribution in [0.5, 0.6) is 5.75 Å². The number of benzene rings is 1. The first kappa shape index (κ1) is 15.8. The second-order valence-corrected chi connectivity index (χ2v) is 5.10. The predicted molar refractivity (Wildman–Crippen MR) is 82.7 cm³/mol. The Morgan fingerprint density at radius 3 is 2.67 bits per heavy atom. The molecule has 1 heterocycles. The van der Waals surface area contributed by atoms with Gasteiger partial charge in [-0.3, -0.25) is 4.79 Å². The Morgan fingerprint density at radius 2 is 2.00 bits per heavy atom. The highest BCUT2D eigenvalue weighted by atomic mass is 16.5. The number of carbonyl (C=O) groups excluding carboxylic acids is 1. The average molecular weight is 292 g/mol. The van der Waals surface area contributed by atoms with Crippen molar-refractivity contribution in [3.05, 3.63) is 24.3 Å². The molecule has 0 aliphatic carbocycles. The Kier molecular flexibility index (Phi) is 6.50. The molecule has 1 aliphatic heterocycles. The summed E-state index contributed by atoms with van der Waals surface area (Å²) in [5, 5.41) is 6.15. The monoisotopic (exact) mass is 292 g/mol. The van der Waals surface area contributed by atoms with E-state index in [0.717, 1.165) is 37.4 Å². The lowest BCUT2D eigenvalue weighted by Gasteiger charge is -2.21. The summed E-state index contributed by atoms with van der Waals surface area (Å²) in [5.74, 6) is 0.964. The molecule has 1 aromatic carbocycles. The van der Waals surface area contributed by atoms with Gasteiger partial charge in [0.15, 0.2) is 0 Å². The van der Waals surface area contributed by atoms with Gasteiger partial charge in [-0.25, -0.2) is 0 Å². The smallest absolute Gasteiger partial charge is 0.227 e. The number of rotatable bonds is 7. The third kappa shape index (κ3) is 5.36. The molecule has 0 aromatic heterocycles. The third-order valence-electron chi connectivity index (χ3n) is 3.51. The van der Waals surface area contributed by atoms with Crippen LogP contribution in [-0.4, -0.2) is 38.8 Å². The topological polar surface area (TPSA) is 59.6 Å². The molecular weight excluding hydrogens is 268 g/mol. The predicted octanol–water partition coefficient (Wildman–Crippen LogP) is 2.04. The molecule has 2 N–H and O–H groups in total. The van der Waals surface area contributed by atoms with Crippen LogP contribution < -0.4 is 15.4 Å². The molecule has 1 amide bonds. The Bertz CT molecular complexity index is 428. The first-order valence-electron chi connectivity index (χ1n) is 7.62. The Morgan fingerprint density at radius 1 is 1.29 bits per heavy atom. The van der Waals surface area contributed by atoms with E-state index in [2.05, 4.69) is 17.6 Å². The molecule has 0 radical (unpaired) electrons. The highest BCUT2D eigenvalue weighted by molar-refractivity contribution is 5.92.